The lowest BCUT2D eigenvalue weighted by Crippen LogP contribution is -2.15. The van der Waals surface area contributed by atoms with Gasteiger partial charge < -0.3 is 18.9 Å². The van der Waals surface area contributed by atoms with E-state index >= 15 is 0 Å². The van der Waals surface area contributed by atoms with Gasteiger partial charge in [-0.3, -0.25) is 0 Å². The van der Waals surface area contributed by atoms with E-state index in [4.69, 9.17) is 18.9 Å². The van der Waals surface area contributed by atoms with Crippen molar-refractivity contribution in [1.29, 1.82) is 0 Å². The second-order valence-corrected chi connectivity index (χ2v) is 13.0. The van der Waals surface area contributed by atoms with Gasteiger partial charge in [-0.25, -0.2) is 9.59 Å². The smallest absolute Gasteiger partial charge is 0.338 e. The molecule has 0 atom stereocenters. The van der Waals surface area contributed by atoms with E-state index < -0.39 is 11.9 Å². The van der Waals surface area contributed by atoms with Crippen LogP contribution in [-0.2, 0) is 19.1 Å². The summed E-state index contributed by atoms with van der Waals surface area (Å²) in [5.41, 5.74) is 6.57. The molecule has 0 aliphatic heterocycles. The number of unbranched alkanes of at least 4 members (excludes halogenated alkanes) is 3. The molecule has 1 aliphatic rings. The largest absolute Gasteiger partial charge is 0.494 e. The number of carbonyl (C=O) groups excluding carboxylic acids is 2. The summed E-state index contributed by atoms with van der Waals surface area (Å²) in [6, 6.07) is 22.9. The number of hydrogen-bond acceptors (Lipinski definition) is 6. The first kappa shape index (κ1) is 36.7. The first-order chi connectivity index (χ1) is 23.3. The normalized spacial score (nSPS) is 15.8. The van der Waals surface area contributed by atoms with Gasteiger partial charge >= 0.3 is 11.9 Å². The van der Waals surface area contributed by atoms with Crippen LogP contribution in [-0.4, -0.2) is 38.9 Å². The molecule has 0 radical (unpaired) electrons. The molecule has 1 aliphatic carbocycles. The fourth-order valence-corrected chi connectivity index (χ4v) is 6.32. The summed E-state index contributed by atoms with van der Waals surface area (Å²) in [4.78, 5) is 24.1. The Morgan fingerprint density at radius 1 is 0.750 bits per heavy atom. The summed E-state index contributed by atoms with van der Waals surface area (Å²) in [7, 11) is 1.52. The Balaban J connectivity index is 1.37. The van der Waals surface area contributed by atoms with Crippen LogP contribution < -0.4 is 9.47 Å². The lowest BCUT2D eigenvalue weighted by Gasteiger charge is -2.30. The van der Waals surface area contributed by atoms with Crippen LogP contribution in [0.3, 0.4) is 0 Å². The minimum atomic E-state index is -0.420. The van der Waals surface area contributed by atoms with Crippen molar-refractivity contribution in [2.75, 3.05) is 26.9 Å². The number of benzene rings is 3. The summed E-state index contributed by atoms with van der Waals surface area (Å²) in [6.45, 7) is 12.4. The van der Waals surface area contributed by atoms with E-state index in [9.17, 15) is 9.59 Å². The highest BCUT2D eigenvalue weighted by Crippen LogP contribution is 2.43. The van der Waals surface area contributed by atoms with Gasteiger partial charge in [0.25, 0.3) is 0 Å². The molecule has 0 heterocycles. The highest BCUT2D eigenvalue weighted by molar-refractivity contribution is 5.89. The van der Waals surface area contributed by atoms with E-state index in [0.717, 1.165) is 47.6 Å². The van der Waals surface area contributed by atoms with Gasteiger partial charge in [-0.2, -0.15) is 0 Å². The Morgan fingerprint density at radius 3 is 2.02 bits per heavy atom. The van der Waals surface area contributed by atoms with Crippen molar-refractivity contribution in [1.82, 2.24) is 0 Å². The van der Waals surface area contributed by atoms with Crippen molar-refractivity contribution in [2.45, 2.75) is 84.0 Å². The molecule has 0 unspecified atom stereocenters. The molecule has 3 aromatic rings. The molecule has 0 N–H and O–H groups in total. The number of carbonyl (C=O) groups is 2. The van der Waals surface area contributed by atoms with Crippen LogP contribution in [0.1, 0.15) is 89.5 Å². The van der Waals surface area contributed by atoms with Crippen molar-refractivity contribution >= 4 is 11.9 Å². The molecule has 0 bridgehead atoms. The third-order valence-corrected chi connectivity index (χ3v) is 9.12. The van der Waals surface area contributed by atoms with Gasteiger partial charge in [0.15, 0.2) is 0 Å². The first-order valence-electron chi connectivity index (χ1n) is 17.5. The lowest BCUT2D eigenvalue weighted by molar-refractivity contribution is -0.139. The SMILES string of the molecule is C=C(C)C(=O)Oc1ccc(-c2ccc(-c3ccc(OCCCCOC(=O)C(=C)COC)cc3)cc2)c(C2CCC(CCCCC)CC2)c1. The van der Waals surface area contributed by atoms with Gasteiger partial charge in [-0.1, -0.05) is 88.2 Å². The zero-order chi connectivity index (χ0) is 34.3. The molecule has 0 saturated heterocycles. The summed E-state index contributed by atoms with van der Waals surface area (Å²) < 4.78 is 21.7. The van der Waals surface area contributed by atoms with Crippen molar-refractivity contribution in [3.8, 4) is 33.8 Å². The highest BCUT2D eigenvalue weighted by atomic mass is 16.5. The van der Waals surface area contributed by atoms with E-state index in [2.05, 4.69) is 68.6 Å². The third-order valence-electron chi connectivity index (χ3n) is 9.12. The van der Waals surface area contributed by atoms with Crippen LogP contribution in [0.15, 0.2) is 91.0 Å². The van der Waals surface area contributed by atoms with Crippen molar-refractivity contribution in [2.24, 2.45) is 5.92 Å². The fourth-order valence-electron chi connectivity index (χ4n) is 6.32. The summed E-state index contributed by atoms with van der Waals surface area (Å²) in [5.74, 6) is 1.83. The van der Waals surface area contributed by atoms with E-state index in [1.54, 1.807) is 6.92 Å². The Bertz CT molecular complexity index is 1500. The van der Waals surface area contributed by atoms with Crippen LogP contribution in [0.2, 0.25) is 0 Å². The molecular weight excluding hydrogens is 600 g/mol. The van der Waals surface area contributed by atoms with Gasteiger partial charge in [0.2, 0.25) is 0 Å². The second-order valence-electron chi connectivity index (χ2n) is 13.0. The van der Waals surface area contributed by atoms with Crippen LogP contribution in [0.4, 0.5) is 0 Å². The van der Waals surface area contributed by atoms with Gasteiger partial charge in [0, 0.05) is 12.7 Å². The lowest BCUT2D eigenvalue weighted by atomic mass is 9.75. The summed E-state index contributed by atoms with van der Waals surface area (Å²) >= 11 is 0. The molecule has 48 heavy (non-hydrogen) atoms. The topological polar surface area (TPSA) is 71.1 Å². The highest BCUT2D eigenvalue weighted by Gasteiger charge is 2.25. The van der Waals surface area contributed by atoms with Crippen LogP contribution in [0.5, 0.6) is 11.5 Å². The monoisotopic (exact) mass is 652 g/mol. The predicted molar refractivity (Wildman–Crippen MR) is 193 cm³/mol. The van der Waals surface area contributed by atoms with Gasteiger partial charge in [0.05, 0.1) is 25.4 Å². The summed E-state index contributed by atoms with van der Waals surface area (Å²) in [6.07, 6.45) is 11.6. The van der Waals surface area contributed by atoms with Gasteiger partial charge in [0.1, 0.15) is 11.5 Å². The Labute approximate surface area is 287 Å². The standard InChI is InChI=1S/C42H52O6/c1-6-7-8-11-32-12-14-36(15-13-32)40-28-38(48-41(43)30(2)3)24-25-39(40)35-18-16-33(17-19-35)34-20-22-37(23-21-34)46-26-9-10-27-47-42(44)31(4)29-45-5/h16-25,28,32,36H,2,4,6-15,26-27,29H2,1,3,5H3. The molecule has 6 nitrogen and oxygen atoms in total. The average Bonchev–Trinajstić information content (AvgIpc) is 3.10. The number of methoxy groups -OCH3 is 1. The maximum atomic E-state index is 12.3. The van der Waals surface area contributed by atoms with E-state index in [0.29, 0.717) is 42.4 Å². The van der Waals surface area contributed by atoms with E-state index in [1.807, 2.05) is 18.2 Å². The Morgan fingerprint density at radius 2 is 1.38 bits per heavy atom. The first-order valence-corrected chi connectivity index (χ1v) is 17.5. The molecule has 1 fully saturated rings. The van der Waals surface area contributed by atoms with Crippen molar-refractivity contribution in [3.63, 3.8) is 0 Å². The minimum absolute atomic E-state index is 0.174. The minimum Gasteiger partial charge on any atom is -0.494 e. The molecule has 4 rings (SSSR count). The zero-order valence-corrected chi connectivity index (χ0v) is 29.1. The van der Waals surface area contributed by atoms with Gasteiger partial charge in [-0.15, -0.1) is 0 Å². The van der Waals surface area contributed by atoms with E-state index in [1.165, 1.54) is 56.8 Å². The van der Waals surface area contributed by atoms with Crippen molar-refractivity contribution < 1.29 is 28.5 Å². The second kappa shape index (κ2) is 19.0. The van der Waals surface area contributed by atoms with E-state index in [-0.39, 0.29) is 6.61 Å². The molecule has 1 saturated carbocycles. The molecule has 256 valence electrons. The molecule has 0 spiro atoms. The molecule has 0 aromatic heterocycles. The van der Waals surface area contributed by atoms with Crippen LogP contribution in [0, 0.1) is 5.92 Å². The Kier molecular flexibility index (Phi) is 14.5. The molecular formula is C42H52O6. The number of hydrogen-bond donors (Lipinski definition) is 0. The van der Waals surface area contributed by atoms with Gasteiger partial charge in [-0.05, 0) is 109 Å². The molecule has 6 heteroatoms. The van der Waals surface area contributed by atoms with Crippen LogP contribution >= 0.6 is 0 Å². The predicted octanol–water partition coefficient (Wildman–Crippen LogP) is 10.3. The maximum absolute atomic E-state index is 12.3. The quantitative estimate of drug-likeness (QED) is 0.0589. The maximum Gasteiger partial charge on any atom is 0.338 e. The molecule has 3 aromatic carbocycles. The number of rotatable bonds is 18. The average molecular weight is 653 g/mol. The number of esters is 2. The number of ether oxygens (including phenoxy) is 4. The zero-order valence-electron chi connectivity index (χ0n) is 29.1. The van der Waals surface area contributed by atoms with Crippen molar-refractivity contribution in [3.05, 3.63) is 96.6 Å². The Hall–Kier alpha value is -4.16. The fraction of sp³-hybridized carbons (Fsp3) is 0.429. The van der Waals surface area contributed by atoms with Crippen LogP contribution in [0.25, 0.3) is 22.3 Å². The summed E-state index contributed by atoms with van der Waals surface area (Å²) in [5, 5.41) is 0. The third kappa shape index (κ3) is 10.9. The molecule has 0 amide bonds.